The fraction of sp³-hybridized carbons (Fsp3) is 0.320. The van der Waals surface area contributed by atoms with E-state index in [1.165, 1.54) is 6.92 Å². The monoisotopic (exact) mass is 523 g/mol. The van der Waals surface area contributed by atoms with Gasteiger partial charge in [0.25, 0.3) is 11.8 Å². The number of halogens is 1. The Hall–Kier alpha value is -3.96. The molecule has 0 spiro atoms. The molecule has 3 amide bonds. The van der Waals surface area contributed by atoms with Gasteiger partial charge in [-0.2, -0.15) is 9.61 Å². The zero-order valence-electron chi connectivity index (χ0n) is 20.1. The van der Waals surface area contributed by atoms with Crippen molar-refractivity contribution >= 4 is 58.4 Å². The molecule has 5 rings (SSSR count). The van der Waals surface area contributed by atoms with E-state index in [1.54, 1.807) is 33.8 Å². The molecule has 2 fully saturated rings. The number of aromatic nitrogens is 3. The first-order valence-corrected chi connectivity index (χ1v) is 12.3. The van der Waals surface area contributed by atoms with Gasteiger partial charge in [-0.1, -0.05) is 17.7 Å². The maximum absolute atomic E-state index is 12.1. The van der Waals surface area contributed by atoms with Crippen LogP contribution >= 0.6 is 11.6 Å². The van der Waals surface area contributed by atoms with Gasteiger partial charge in [-0.25, -0.2) is 4.98 Å². The Kier molecular flexibility index (Phi) is 6.81. The van der Waals surface area contributed by atoms with Crippen molar-refractivity contribution in [3.05, 3.63) is 52.7 Å². The van der Waals surface area contributed by atoms with Crippen LogP contribution in [0.5, 0.6) is 0 Å². The fourth-order valence-corrected chi connectivity index (χ4v) is 4.68. The van der Waals surface area contributed by atoms with Crippen molar-refractivity contribution in [1.29, 1.82) is 0 Å². The molecule has 2 aliphatic rings. The van der Waals surface area contributed by atoms with Gasteiger partial charge < -0.3 is 20.6 Å². The van der Waals surface area contributed by atoms with Gasteiger partial charge in [0.1, 0.15) is 17.7 Å². The normalized spacial score (nSPS) is 18.4. The van der Waals surface area contributed by atoms with Gasteiger partial charge in [0.05, 0.1) is 12.6 Å². The lowest BCUT2D eigenvalue weighted by molar-refractivity contribution is -0.140. The molecule has 1 aromatic carbocycles. The molecule has 37 heavy (non-hydrogen) atoms. The Morgan fingerprint density at radius 3 is 2.73 bits per heavy atom. The topological polar surface area (TPSA) is 141 Å². The maximum Gasteiger partial charge on any atom is 0.254 e. The number of carbonyl (C=O) groups excluding carboxylic acids is 3. The number of imide groups is 1. The first kappa shape index (κ1) is 24.7. The SMILES string of the molecule is CC(O)C(=O)N1CCC(Nc2cc(Nc3cccc(Cl)c3)nc3c(/C=C4\CC(=O)NC4=O)cnn23)CC1. The number of likely N-dealkylation sites (tertiary alicyclic amines) is 1. The third kappa shape index (κ3) is 5.42. The number of nitrogens with zero attached hydrogens (tertiary/aromatic N) is 4. The molecule has 2 aliphatic heterocycles. The van der Waals surface area contributed by atoms with E-state index in [1.807, 2.05) is 18.2 Å². The smallest absolute Gasteiger partial charge is 0.254 e. The van der Waals surface area contributed by atoms with Crippen LogP contribution in [0, 0.1) is 0 Å². The van der Waals surface area contributed by atoms with E-state index in [0.717, 1.165) is 5.69 Å². The van der Waals surface area contributed by atoms with Crippen LogP contribution in [0.1, 0.15) is 31.7 Å². The number of fused-ring (bicyclic) bond motifs is 1. The quantitative estimate of drug-likeness (QED) is 0.285. The largest absolute Gasteiger partial charge is 0.384 e. The number of aliphatic hydroxyl groups is 1. The molecule has 2 saturated heterocycles. The van der Waals surface area contributed by atoms with E-state index in [9.17, 15) is 19.5 Å². The molecule has 1 atom stereocenters. The van der Waals surface area contributed by atoms with Crippen molar-refractivity contribution in [2.75, 3.05) is 23.7 Å². The number of rotatable bonds is 6. The van der Waals surface area contributed by atoms with Gasteiger partial charge >= 0.3 is 0 Å². The number of piperidine rings is 1. The summed E-state index contributed by atoms with van der Waals surface area (Å²) in [5.74, 6) is 0.177. The summed E-state index contributed by atoms with van der Waals surface area (Å²) in [6.45, 7) is 2.54. The summed E-state index contributed by atoms with van der Waals surface area (Å²) < 4.78 is 1.65. The number of aliphatic hydroxyl groups excluding tert-OH is 1. The molecule has 192 valence electrons. The number of anilines is 3. The Labute approximate surface area is 217 Å². The summed E-state index contributed by atoms with van der Waals surface area (Å²) in [4.78, 5) is 42.3. The second-order valence-electron chi connectivity index (χ2n) is 9.14. The minimum atomic E-state index is -1.02. The Bertz CT molecular complexity index is 1410. The molecule has 0 bridgehead atoms. The van der Waals surface area contributed by atoms with Gasteiger partial charge in [0.2, 0.25) is 5.91 Å². The Balaban J connectivity index is 1.46. The van der Waals surface area contributed by atoms with Crippen molar-refractivity contribution in [1.82, 2.24) is 24.8 Å². The molecule has 4 heterocycles. The van der Waals surface area contributed by atoms with E-state index >= 15 is 0 Å². The lowest BCUT2D eigenvalue weighted by Gasteiger charge is -2.33. The zero-order valence-corrected chi connectivity index (χ0v) is 20.8. The molecular formula is C25H26ClN7O4. The predicted octanol–water partition coefficient (Wildman–Crippen LogP) is 2.34. The number of hydrogen-bond acceptors (Lipinski definition) is 8. The van der Waals surface area contributed by atoms with Crippen molar-refractivity contribution in [2.45, 2.75) is 38.3 Å². The number of carbonyl (C=O) groups is 3. The highest BCUT2D eigenvalue weighted by molar-refractivity contribution is 6.30. The minimum absolute atomic E-state index is 0.00544. The van der Waals surface area contributed by atoms with Crippen LogP contribution in [0.15, 0.2) is 42.1 Å². The molecule has 12 heteroatoms. The number of hydrogen-bond donors (Lipinski definition) is 4. The Morgan fingerprint density at radius 2 is 2.05 bits per heavy atom. The van der Waals surface area contributed by atoms with Gasteiger partial charge in [-0.15, -0.1) is 0 Å². The van der Waals surface area contributed by atoms with Gasteiger partial charge in [-0.3, -0.25) is 19.7 Å². The van der Waals surface area contributed by atoms with Gasteiger partial charge in [-0.05, 0) is 44.0 Å². The van der Waals surface area contributed by atoms with Crippen molar-refractivity contribution in [3.8, 4) is 0 Å². The lowest BCUT2D eigenvalue weighted by atomic mass is 10.0. The van der Waals surface area contributed by atoms with Crippen LogP contribution in [0.3, 0.4) is 0 Å². The van der Waals surface area contributed by atoms with Crippen molar-refractivity contribution in [2.24, 2.45) is 0 Å². The Morgan fingerprint density at radius 1 is 1.27 bits per heavy atom. The van der Waals surface area contributed by atoms with E-state index in [0.29, 0.717) is 59.4 Å². The van der Waals surface area contributed by atoms with Crippen LogP contribution in [-0.4, -0.2) is 67.6 Å². The molecule has 4 N–H and O–H groups in total. The van der Waals surface area contributed by atoms with E-state index in [2.05, 4.69) is 21.0 Å². The predicted molar refractivity (Wildman–Crippen MR) is 138 cm³/mol. The molecule has 0 aliphatic carbocycles. The second-order valence-corrected chi connectivity index (χ2v) is 9.58. The highest BCUT2D eigenvalue weighted by Gasteiger charge is 2.27. The molecule has 0 radical (unpaired) electrons. The van der Waals surface area contributed by atoms with E-state index < -0.39 is 12.0 Å². The van der Waals surface area contributed by atoms with Crippen molar-refractivity contribution < 1.29 is 19.5 Å². The number of nitrogens with one attached hydrogen (secondary N) is 3. The standard InChI is InChI=1S/C25H26ClN7O4/c1-14(34)25(37)32-7-5-18(6-8-32)29-21-12-20(28-19-4-2-3-17(26)11-19)30-23-16(13-27-33(21)23)9-15-10-22(35)31-24(15)36/h2-4,9,11-14,18,29,34H,5-8,10H2,1H3,(H,28,30)(H,31,35,36)/b15-9+. The molecule has 11 nitrogen and oxygen atoms in total. The number of benzene rings is 1. The summed E-state index contributed by atoms with van der Waals surface area (Å²) in [5, 5.41) is 23.7. The van der Waals surface area contributed by atoms with Crippen LogP contribution < -0.4 is 16.0 Å². The van der Waals surface area contributed by atoms with Crippen LogP contribution in [-0.2, 0) is 14.4 Å². The molecule has 0 saturated carbocycles. The van der Waals surface area contributed by atoms with Crippen LogP contribution in [0.4, 0.5) is 17.3 Å². The second kappa shape index (κ2) is 10.2. The summed E-state index contributed by atoms with van der Waals surface area (Å²) in [5.41, 5.74) is 2.19. The minimum Gasteiger partial charge on any atom is -0.384 e. The van der Waals surface area contributed by atoms with Gasteiger partial charge in [0, 0.05) is 47.0 Å². The third-order valence-electron chi connectivity index (χ3n) is 6.34. The maximum atomic E-state index is 12.1. The lowest BCUT2D eigenvalue weighted by Crippen LogP contribution is -2.45. The molecular weight excluding hydrogens is 498 g/mol. The summed E-state index contributed by atoms with van der Waals surface area (Å²) in [7, 11) is 0. The summed E-state index contributed by atoms with van der Waals surface area (Å²) in [6.07, 6.45) is 3.61. The first-order valence-electron chi connectivity index (χ1n) is 12.0. The number of amides is 3. The molecule has 1 unspecified atom stereocenters. The molecule has 3 aromatic rings. The molecule has 2 aromatic heterocycles. The average Bonchev–Trinajstić information content (AvgIpc) is 3.41. The first-order chi connectivity index (χ1) is 17.8. The van der Waals surface area contributed by atoms with Crippen molar-refractivity contribution in [3.63, 3.8) is 0 Å². The fourth-order valence-electron chi connectivity index (χ4n) is 4.49. The van der Waals surface area contributed by atoms with Crippen LogP contribution in [0.25, 0.3) is 11.7 Å². The van der Waals surface area contributed by atoms with E-state index in [-0.39, 0.29) is 24.3 Å². The summed E-state index contributed by atoms with van der Waals surface area (Å²) in [6, 6.07) is 9.15. The zero-order chi connectivity index (χ0) is 26.1. The van der Waals surface area contributed by atoms with Gasteiger partial charge in [0.15, 0.2) is 5.65 Å². The van der Waals surface area contributed by atoms with E-state index in [4.69, 9.17) is 16.6 Å². The average molecular weight is 524 g/mol. The highest BCUT2D eigenvalue weighted by Crippen LogP contribution is 2.27. The van der Waals surface area contributed by atoms with Crippen LogP contribution in [0.2, 0.25) is 5.02 Å². The summed E-state index contributed by atoms with van der Waals surface area (Å²) >= 11 is 6.14. The highest BCUT2D eigenvalue weighted by atomic mass is 35.5. The third-order valence-corrected chi connectivity index (χ3v) is 6.57.